The van der Waals surface area contributed by atoms with Crippen molar-refractivity contribution in [1.82, 2.24) is 4.57 Å². The predicted octanol–water partition coefficient (Wildman–Crippen LogP) is 4.15. The lowest BCUT2D eigenvalue weighted by molar-refractivity contribution is -0.138. The van der Waals surface area contributed by atoms with Crippen molar-refractivity contribution < 1.29 is 9.53 Å². The number of ether oxygens (including phenoxy) is 1. The van der Waals surface area contributed by atoms with Gasteiger partial charge in [-0.2, -0.15) is 5.26 Å². The van der Waals surface area contributed by atoms with E-state index < -0.39 is 11.9 Å². The molecule has 2 heterocycles. The summed E-state index contributed by atoms with van der Waals surface area (Å²) in [4.78, 5) is 26.6. The van der Waals surface area contributed by atoms with Crippen LogP contribution in [-0.4, -0.2) is 17.1 Å². The molecule has 0 aliphatic carbocycles. The van der Waals surface area contributed by atoms with Gasteiger partial charge in [0.1, 0.15) is 10.5 Å². The Morgan fingerprint density at radius 2 is 1.65 bits per heavy atom. The summed E-state index contributed by atoms with van der Waals surface area (Å²) in [7, 11) is 0. The number of nitriles is 1. The molecule has 0 saturated carbocycles. The molecule has 1 aliphatic rings. The minimum atomic E-state index is -0.735. The van der Waals surface area contributed by atoms with Gasteiger partial charge in [-0.3, -0.25) is 9.36 Å². The number of carbonyl (C=O) groups is 1. The van der Waals surface area contributed by atoms with E-state index in [0.717, 1.165) is 16.7 Å². The highest BCUT2D eigenvalue weighted by atomic mass is 32.1. The van der Waals surface area contributed by atoms with Crippen molar-refractivity contribution in [2.75, 3.05) is 6.61 Å². The van der Waals surface area contributed by atoms with E-state index in [0.29, 0.717) is 26.6 Å². The highest BCUT2D eigenvalue weighted by molar-refractivity contribution is 7.07. The molecule has 0 spiro atoms. The number of hydrogen-bond donors (Lipinski definition) is 1. The summed E-state index contributed by atoms with van der Waals surface area (Å²) in [6.45, 7) is 10.3. The van der Waals surface area contributed by atoms with Crippen LogP contribution < -0.4 is 20.5 Å². The fourth-order valence-electron chi connectivity index (χ4n) is 4.50. The molecule has 190 valence electrons. The summed E-state index contributed by atoms with van der Waals surface area (Å²) >= 11 is 1.21. The molecular formula is C30H31N3O3S. The average Bonchev–Trinajstić information content (AvgIpc) is 3.20. The first-order chi connectivity index (χ1) is 17.7. The first-order valence-electron chi connectivity index (χ1n) is 12.4. The molecular weight excluding hydrogens is 482 g/mol. The molecule has 1 atom stereocenters. The van der Waals surface area contributed by atoms with Gasteiger partial charge in [0, 0.05) is 0 Å². The molecule has 3 aromatic rings. The third kappa shape index (κ3) is 4.90. The minimum absolute atomic E-state index is 0.00134. The second-order valence-electron chi connectivity index (χ2n) is 9.68. The molecule has 0 bridgehead atoms. The van der Waals surface area contributed by atoms with Crippen LogP contribution in [0.25, 0.3) is 17.5 Å². The number of hydrogen-bond acceptors (Lipinski definition) is 6. The number of nitrogens with zero attached hydrogens (tertiary/aromatic N) is 2. The van der Waals surface area contributed by atoms with E-state index in [-0.39, 0.29) is 23.6 Å². The van der Waals surface area contributed by atoms with Crippen LogP contribution in [0.4, 0.5) is 0 Å². The lowest BCUT2D eigenvalue weighted by Crippen LogP contribution is -2.40. The van der Waals surface area contributed by atoms with Crippen LogP contribution in [0.15, 0.2) is 58.9 Å². The Hall–Kier alpha value is -3.89. The van der Waals surface area contributed by atoms with Gasteiger partial charge in [-0.1, -0.05) is 76.2 Å². The molecule has 0 amide bonds. The summed E-state index contributed by atoms with van der Waals surface area (Å²) in [6, 6.07) is 18.1. The Labute approximate surface area is 220 Å². The van der Waals surface area contributed by atoms with Crippen LogP contribution in [0.5, 0.6) is 0 Å². The van der Waals surface area contributed by atoms with Crippen molar-refractivity contribution >= 4 is 34.8 Å². The SMILES string of the molecule is CCOC(=O)C1=C(N)n2c(sc(=Cc3ccc(C(C)C)cc3)c2=O)=C(C#N)C1c1ccc(C(C)C)cc1. The summed E-state index contributed by atoms with van der Waals surface area (Å²) in [6.07, 6.45) is 1.79. The normalized spacial score (nSPS) is 15.8. The fraction of sp³-hybridized carbons (Fsp3) is 0.300. The first kappa shape index (κ1) is 26.2. The van der Waals surface area contributed by atoms with E-state index >= 15 is 0 Å². The van der Waals surface area contributed by atoms with Crippen LogP contribution in [0, 0.1) is 11.3 Å². The number of nitrogens with two attached hydrogens (primary N) is 1. The standard InChI is InChI=1S/C30H31N3O3S/c1-6-36-30(35)26-25(22-13-11-21(12-14-22)18(4)5)23(16-31)29-33(27(26)32)28(34)24(37-29)15-19-7-9-20(10-8-19)17(2)3/h7-15,17-18,25H,6,32H2,1-5H3. The molecule has 1 unspecified atom stereocenters. The van der Waals surface area contributed by atoms with E-state index in [4.69, 9.17) is 10.5 Å². The largest absolute Gasteiger partial charge is 0.463 e. The molecule has 7 heteroatoms. The third-order valence-electron chi connectivity index (χ3n) is 6.60. The van der Waals surface area contributed by atoms with Crippen LogP contribution in [-0.2, 0) is 9.53 Å². The van der Waals surface area contributed by atoms with Crippen molar-refractivity contribution in [3.8, 4) is 6.07 Å². The monoisotopic (exact) mass is 513 g/mol. The fourth-order valence-corrected chi connectivity index (χ4v) is 5.62. The molecule has 0 radical (unpaired) electrons. The first-order valence-corrected chi connectivity index (χ1v) is 13.2. The Balaban J connectivity index is 1.98. The van der Waals surface area contributed by atoms with Crippen molar-refractivity contribution in [2.45, 2.75) is 52.4 Å². The number of carbonyl (C=O) groups excluding carboxylic acids is 1. The van der Waals surface area contributed by atoms with Crippen LogP contribution in [0.3, 0.4) is 0 Å². The topological polar surface area (TPSA) is 98.1 Å². The Bertz CT molecular complexity index is 1580. The smallest absolute Gasteiger partial charge is 0.338 e. The lowest BCUT2D eigenvalue weighted by atomic mass is 9.83. The molecule has 0 saturated heterocycles. The number of rotatable bonds is 6. The van der Waals surface area contributed by atoms with Crippen LogP contribution >= 0.6 is 11.3 Å². The Morgan fingerprint density at radius 3 is 2.16 bits per heavy atom. The molecule has 4 rings (SSSR count). The van der Waals surface area contributed by atoms with E-state index in [9.17, 15) is 14.9 Å². The number of esters is 1. The van der Waals surface area contributed by atoms with Gasteiger partial charge in [0.05, 0.1) is 34.3 Å². The minimum Gasteiger partial charge on any atom is -0.463 e. The van der Waals surface area contributed by atoms with Gasteiger partial charge in [-0.25, -0.2) is 4.79 Å². The van der Waals surface area contributed by atoms with Gasteiger partial charge in [-0.15, -0.1) is 11.3 Å². The van der Waals surface area contributed by atoms with Crippen LogP contribution in [0.2, 0.25) is 0 Å². The summed E-state index contributed by atoms with van der Waals surface area (Å²) in [5.41, 5.74) is 10.5. The quantitative estimate of drug-likeness (QED) is 0.500. The highest BCUT2D eigenvalue weighted by Crippen LogP contribution is 2.37. The summed E-state index contributed by atoms with van der Waals surface area (Å²) < 4.78 is 7.47. The van der Waals surface area contributed by atoms with Gasteiger partial charge in [-0.05, 0) is 47.1 Å². The van der Waals surface area contributed by atoms with E-state index in [1.54, 1.807) is 13.0 Å². The molecule has 0 fully saturated rings. The van der Waals surface area contributed by atoms with Crippen LogP contribution in [0.1, 0.15) is 74.6 Å². The van der Waals surface area contributed by atoms with Crippen molar-refractivity contribution in [3.63, 3.8) is 0 Å². The van der Waals surface area contributed by atoms with Gasteiger partial charge < -0.3 is 10.5 Å². The lowest BCUT2D eigenvalue weighted by Gasteiger charge is -2.25. The summed E-state index contributed by atoms with van der Waals surface area (Å²) in [5.74, 6) is -0.633. The zero-order chi connectivity index (χ0) is 26.9. The Morgan fingerprint density at radius 1 is 1.08 bits per heavy atom. The van der Waals surface area contributed by atoms with Gasteiger partial charge in [0.25, 0.3) is 5.56 Å². The van der Waals surface area contributed by atoms with Crippen molar-refractivity contribution in [1.29, 1.82) is 5.26 Å². The maximum absolute atomic E-state index is 13.5. The zero-order valence-corrected chi connectivity index (χ0v) is 22.6. The molecule has 2 aromatic carbocycles. The maximum atomic E-state index is 13.5. The van der Waals surface area contributed by atoms with E-state index in [1.807, 2.05) is 48.5 Å². The predicted molar refractivity (Wildman–Crippen MR) is 148 cm³/mol. The van der Waals surface area contributed by atoms with Crippen molar-refractivity contribution in [3.05, 3.63) is 95.9 Å². The van der Waals surface area contributed by atoms with Crippen molar-refractivity contribution in [2.24, 2.45) is 5.73 Å². The second kappa shape index (κ2) is 10.6. The molecule has 2 N–H and O–H groups in total. The number of thiazole rings is 1. The third-order valence-corrected chi connectivity index (χ3v) is 7.71. The molecule has 1 aromatic heterocycles. The molecule has 1 aliphatic heterocycles. The Kier molecular flexibility index (Phi) is 7.51. The van der Waals surface area contributed by atoms with Gasteiger partial charge >= 0.3 is 5.97 Å². The zero-order valence-electron chi connectivity index (χ0n) is 21.7. The molecule has 6 nitrogen and oxygen atoms in total. The van der Waals surface area contributed by atoms with Gasteiger partial charge in [0.15, 0.2) is 0 Å². The second-order valence-corrected chi connectivity index (χ2v) is 10.7. The highest BCUT2D eigenvalue weighted by Gasteiger charge is 2.36. The van der Waals surface area contributed by atoms with E-state index in [2.05, 4.69) is 33.8 Å². The average molecular weight is 514 g/mol. The number of fused-ring (bicyclic) bond motifs is 1. The summed E-state index contributed by atoms with van der Waals surface area (Å²) in [5, 5.41) is 10.3. The maximum Gasteiger partial charge on any atom is 0.338 e. The molecule has 37 heavy (non-hydrogen) atoms. The van der Waals surface area contributed by atoms with Gasteiger partial charge in [0.2, 0.25) is 0 Å². The van der Waals surface area contributed by atoms with E-state index in [1.165, 1.54) is 21.5 Å². The number of aromatic nitrogens is 1. The number of benzene rings is 2.